The quantitative estimate of drug-likeness (QED) is 0.830. The minimum Gasteiger partial charge on any atom is -0.371 e. The van der Waals surface area contributed by atoms with E-state index in [2.05, 4.69) is 17.2 Å². The van der Waals surface area contributed by atoms with Crippen molar-refractivity contribution in [2.24, 2.45) is 0 Å². The Labute approximate surface area is 116 Å². The molecule has 2 unspecified atom stereocenters. The van der Waals surface area contributed by atoms with E-state index in [0.717, 1.165) is 18.8 Å². The molecule has 0 amide bonds. The Morgan fingerprint density at radius 1 is 1.42 bits per heavy atom. The van der Waals surface area contributed by atoms with Crippen LogP contribution in [0.1, 0.15) is 69.3 Å². The van der Waals surface area contributed by atoms with Gasteiger partial charge >= 0.3 is 0 Å². The van der Waals surface area contributed by atoms with Crippen LogP contribution in [0.2, 0.25) is 0 Å². The molecule has 0 radical (unpaired) electrons. The molecule has 1 heterocycles. The Hall–Kier alpha value is -1.00. The molecule has 1 aromatic heterocycles. The molecule has 4 nitrogen and oxygen atoms in total. The zero-order valence-electron chi connectivity index (χ0n) is 12.3. The zero-order chi connectivity index (χ0) is 13.7. The third-order valence-electron chi connectivity index (χ3n) is 3.68. The fraction of sp³-hybridized carbons (Fsp3) is 0.733. The number of nitrogens with zero attached hydrogens (tertiary/aromatic N) is 2. The van der Waals surface area contributed by atoms with Crippen LogP contribution < -0.4 is 5.32 Å². The van der Waals surface area contributed by atoms with Crippen LogP contribution in [0.3, 0.4) is 0 Å². The molecule has 2 rings (SSSR count). The molecule has 0 saturated carbocycles. The summed E-state index contributed by atoms with van der Waals surface area (Å²) in [7, 11) is 0. The highest BCUT2D eigenvalue weighted by Gasteiger charge is 2.21. The van der Waals surface area contributed by atoms with Gasteiger partial charge in [-0.3, -0.25) is 0 Å². The minimum absolute atomic E-state index is 0.0175. The summed E-state index contributed by atoms with van der Waals surface area (Å²) in [6, 6.07) is 0.416. The topological polar surface area (TPSA) is 47.0 Å². The van der Waals surface area contributed by atoms with E-state index in [1.807, 2.05) is 20.0 Å². The summed E-state index contributed by atoms with van der Waals surface area (Å²) in [5, 5.41) is 3.54. The molecule has 0 bridgehead atoms. The maximum absolute atomic E-state index is 5.58. The van der Waals surface area contributed by atoms with Gasteiger partial charge in [-0.25, -0.2) is 9.97 Å². The molecule has 1 aliphatic rings. The number of rotatable bonds is 5. The van der Waals surface area contributed by atoms with Gasteiger partial charge in [-0.05, 0) is 39.7 Å². The van der Waals surface area contributed by atoms with Gasteiger partial charge in [-0.1, -0.05) is 13.3 Å². The van der Waals surface area contributed by atoms with Crippen molar-refractivity contribution in [2.75, 3.05) is 13.2 Å². The van der Waals surface area contributed by atoms with Crippen molar-refractivity contribution in [3.8, 4) is 0 Å². The zero-order valence-corrected chi connectivity index (χ0v) is 12.3. The average molecular weight is 263 g/mol. The molecule has 0 spiro atoms. The first-order chi connectivity index (χ1) is 9.26. The summed E-state index contributed by atoms with van der Waals surface area (Å²) in [6.07, 6.45) is 6.71. The molecule has 2 atom stereocenters. The van der Waals surface area contributed by atoms with Crippen LogP contribution in [-0.2, 0) is 11.2 Å². The second-order valence-electron chi connectivity index (χ2n) is 5.08. The second-order valence-corrected chi connectivity index (χ2v) is 5.08. The van der Waals surface area contributed by atoms with Gasteiger partial charge < -0.3 is 10.1 Å². The fourth-order valence-corrected chi connectivity index (χ4v) is 2.71. The van der Waals surface area contributed by atoms with Crippen molar-refractivity contribution in [2.45, 2.75) is 58.6 Å². The summed E-state index contributed by atoms with van der Waals surface area (Å²) in [4.78, 5) is 9.26. The minimum atomic E-state index is -0.0175. The first-order valence-corrected chi connectivity index (χ1v) is 7.47. The fourth-order valence-electron chi connectivity index (χ4n) is 2.71. The van der Waals surface area contributed by atoms with Crippen LogP contribution in [0.5, 0.6) is 0 Å². The van der Waals surface area contributed by atoms with E-state index in [9.17, 15) is 0 Å². The molecule has 4 heteroatoms. The lowest BCUT2D eigenvalue weighted by molar-refractivity contribution is 0.0698. The van der Waals surface area contributed by atoms with Gasteiger partial charge in [0.15, 0.2) is 5.82 Å². The van der Waals surface area contributed by atoms with Gasteiger partial charge in [0.1, 0.15) is 6.10 Å². The van der Waals surface area contributed by atoms with Crippen molar-refractivity contribution >= 4 is 0 Å². The van der Waals surface area contributed by atoms with E-state index in [4.69, 9.17) is 9.72 Å². The van der Waals surface area contributed by atoms with Crippen LogP contribution in [0.25, 0.3) is 0 Å². The van der Waals surface area contributed by atoms with Gasteiger partial charge in [0, 0.05) is 30.1 Å². The standard InChI is InChI=1S/C15H25N3O/c1-4-16-13-8-6-7-9-14-12(13)10-17-15(18-14)11(3)19-5-2/h10-11,13,16H,4-9H2,1-3H3. The van der Waals surface area contributed by atoms with E-state index in [1.54, 1.807) is 0 Å². The first-order valence-electron chi connectivity index (χ1n) is 7.47. The predicted molar refractivity (Wildman–Crippen MR) is 76.0 cm³/mol. The lowest BCUT2D eigenvalue weighted by Crippen LogP contribution is -2.22. The lowest BCUT2D eigenvalue weighted by Gasteiger charge is -2.19. The Morgan fingerprint density at radius 2 is 2.26 bits per heavy atom. The predicted octanol–water partition coefficient (Wildman–Crippen LogP) is 2.95. The molecule has 0 fully saturated rings. The Kier molecular flexibility index (Phi) is 5.28. The van der Waals surface area contributed by atoms with Crippen molar-refractivity contribution in [3.63, 3.8) is 0 Å². The van der Waals surface area contributed by atoms with Crippen LogP contribution >= 0.6 is 0 Å². The summed E-state index contributed by atoms with van der Waals surface area (Å²) in [6.45, 7) is 7.85. The molecule has 0 saturated heterocycles. The number of nitrogens with one attached hydrogen (secondary N) is 1. The van der Waals surface area contributed by atoms with Crippen molar-refractivity contribution < 1.29 is 4.74 Å². The summed E-state index contributed by atoms with van der Waals surface area (Å²) in [5.41, 5.74) is 2.49. The van der Waals surface area contributed by atoms with Crippen LogP contribution in [0.15, 0.2) is 6.20 Å². The van der Waals surface area contributed by atoms with Crippen LogP contribution in [0.4, 0.5) is 0 Å². The van der Waals surface area contributed by atoms with Gasteiger partial charge in [0.2, 0.25) is 0 Å². The largest absolute Gasteiger partial charge is 0.371 e. The molecule has 1 aromatic rings. The number of hydrogen-bond acceptors (Lipinski definition) is 4. The van der Waals surface area contributed by atoms with Gasteiger partial charge in [0.25, 0.3) is 0 Å². The average Bonchev–Trinajstić information content (AvgIpc) is 2.61. The smallest absolute Gasteiger partial charge is 0.157 e. The monoisotopic (exact) mass is 263 g/mol. The SMILES string of the molecule is CCNC1CCCCc2nc(C(C)OCC)ncc21. The van der Waals surface area contributed by atoms with Crippen molar-refractivity contribution in [1.29, 1.82) is 0 Å². The van der Waals surface area contributed by atoms with E-state index in [1.165, 1.54) is 30.5 Å². The highest BCUT2D eigenvalue weighted by molar-refractivity contribution is 5.23. The maximum Gasteiger partial charge on any atom is 0.157 e. The molecule has 106 valence electrons. The van der Waals surface area contributed by atoms with Crippen LogP contribution in [-0.4, -0.2) is 23.1 Å². The van der Waals surface area contributed by atoms with E-state index < -0.39 is 0 Å². The Morgan fingerprint density at radius 3 is 3.00 bits per heavy atom. The molecule has 1 aliphatic carbocycles. The van der Waals surface area contributed by atoms with Crippen molar-refractivity contribution in [3.05, 3.63) is 23.3 Å². The third kappa shape index (κ3) is 3.51. The third-order valence-corrected chi connectivity index (χ3v) is 3.68. The van der Waals surface area contributed by atoms with Gasteiger partial charge in [-0.15, -0.1) is 0 Å². The second kappa shape index (κ2) is 6.96. The van der Waals surface area contributed by atoms with E-state index in [0.29, 0.717) is 12.6 Å². The van der Waals surface area contributed by atoms with Gasteiger partial charge in [-0.2, -0.15) is 0 Å². The lowest BCUT2D eigenvalue weighted by atomic mass is 10.0. The molecule has 1 N–H and O–H groups in total. The number of ether oxygens (including phenoxy) is 1. The molecular formula is C15H25N3O. The summed E-state index contributed by atoms with van der Waals surface area (Å²) in [5.74, 6) is 0.817. The van der Waals surface area contributed by atoms with E-state index in [-0.39, 0.29) is 6.10 Å². The number of hydrogen-bond donors (Lipinski definition) is 1. The number of aromatic nitrogens is 2. The normalized spacial score (nSPS) is 20.7. The maximum atomic E-state index is 5.58. The van der Waals surface area contributed by atoms with E-state index >= 15 is 0 Å². The number of aryl methyl sites for hydroxylation is 1. The molecule has 19 heavy (non-hydrogen) atoms. The van der Waals surface area contributed by atoms with Gasteiger partial charge in [0.05, 0.1) is 0 Å². The molecular weight excluding hydrogens is 238 g/mol. The highest BCUT2D eigenvalue weighted by atomic mass is 16.5. The Balaban J connectivity index is 2.25. The molecule has 0 aromatic carbocycles. The Bertz CT molecular complexity index is 408. The first kappa shape index (κ1) is 14.4. The van der Waals surface area contributed by atoms with Crippen molar-refractivity contribution in [1.82, 2.24) is 15.3 Å². The number of fused-ring (bicyclic) bond motifs is 1. The highest BCUT2D eigenvalue weighted by Crippen LogP contribution is 2.28. The summed E-state index contributed by atoms with van der Waals surface area (Å²) >= 11 is 0. The summed E-state index contributed by atoms with van der Waals surface area (Å²) < 4.78 is 5.58. The van der Waals surface area contributed by atoms with Crippen LogP contribution in [0, 0.1) is 0 Å². The molecule has 0 aliphatic heterocycles.